The van der Waals surface area contributed by atoms with Crippen molar-refractivity contribution in [3.8, 4) is 23.1 Å². The van der Waals surface area contributed by atoms with Crippen molar-refractivity contribution in [3.63, 3.8) is 0 Å². The number of carbonyl (C=O) groups excluding carboxylic acids is 5. The molecule has 1 aliphatic rings. The molecule has 0 spiro atoms. The quantitative estimate of drug-likeness (QED) is 0.0369. The minimum atomic E-state index is -1.27. The van der Waals surface area contributed by atoms with E-state index < -0.39 is 29.9 Å². The molecule has 1 unspecified atom stereocenters. The number of primary amides is 1. The van der Waals surface area contributed by atoms with Crippen LogP contribution in [0.5, 0.6) is 11.5 Å². The molecule has 23 nitrogen and oxygen atoms in total. The molecule has 1 aliphatic heterocycles. The molecule has 0 bridgehead atoms. The number of nitrogens with two attached hydrogens (primary N) is 2. The summed E-state index contributed by atoms with van der Waals surface area (Å²) in [6, 6.07) is 8.16. The molecule has 5 amide bonds. The smallest absolute Gasteiger partial charge is 0.276 e. The Balaban J connectivity index is 1.13. The number of ether oxygens (including phenoxy) is 2. The first kappa shape index (κ1) is 48.2. The lowest BCUT2D eigenvalue weighted by molar-refractivity contribution is -0.138. The normalized spacial score (nSPS) is 13.2. The number of aliphatic hydroxyl groups excluding tert-OH is 1. The van der Waals surface area contributed by atoms with Gasteiger partial charge in [-0.2, -0.15) is 10.2 Å². The molecule has 0 saturated heterocycles. The summed E-state index contributed by atoms with van der Waals surface area (Å²) in [4.78, 5) is 85.0. The number of imidazole rings is 1. The minimum absolute atomic E-state index is 0.0354. The average Bonchev–Trinajstić information content (AvgIpc) is 4.16. The molecule has 7 aromatic rings. The first-order chi connectivity index (χ1) is 33.6. The zero-order valence-electron chi connectivity index (χ0n) is 39.5. The minimum Gasteiger partial charge on any atom is -0.495 e. The molecule has 0 radical (unpaired) electrons. The summed E-state index contributed by atoms with van der Waals surface area (Å²) < 4.78 is 19.2. The number of aliphatic hydroxyl groups is 1. The fourth-order valence-corrected chi connectivity index (χ4v) is 8.35. The molecule has 0 saturated carbocycles. The van der Waals surface area contributed by atoms with Gasteiger partial charge in [0.1, 0.15) is 40.4 Å². The highest BCUT2D eigenvalue weighted by Crippen LogP contribution is 2.37. The number of hydrogen-bond acceptors (Lipinski definition) is 15. The standard InChI is InChI=1S/C47H53N15O8/c1-7-61-33(20-26(3)55-61)46(68)54-47-52-32-22-29(42(49)67)24-35(70-19-11-15-57(5)36(63)14-18-58-37(64)12-13-38(58)65)40(32)60(47)17-10-9-16-59-39-30(21-28(41(48)66)23-34(39)69-6)31-25-50-43(53-44(31)59)45-51-27(4)56-62(45)8-2/h9-10,12-13,20-25,41,66H,7-8,11,14-19,48H2,1-6H3,(H2,49,67)(H,52,54,68)/b10-9+. The van der Waals surface area contributed by atoms with Crippen molar-refractivity contribution in [2.75, 3.05) is 39.2 Å². The van der Waals surface area contributed by atoms with Crippen molar-refractivity contribution in [1.29, 1.82) is 0 Å². The topological polar surface area (TPSA) is 292 Å². The van der Waals surface area contributed by atoms with Crippen LogP contribution in [-0.4, -0.2) is 127 Å². The third-order valence-corrected chi connectivity index (χ3v) is 11.8. The third-order valence-electron chi connectivity index (χ3n) is 11.8. The van der Waals surface area contributed by atoms with E-state index in [2.05, 4.69) is 25.5 Å². The molecule has 1 atom stereocenters. The molecule has 5 aromatic heterocycles. The van der Waals surface area contributed by atoms with Gasteiger partial charge in [-0.05, 0) is 70.0 Å². The van der Waals surface area contributed by atoms with Crippen LogP contribution in [0.25, 0.3) is 44.6 Å². The highest BCUT2D eigenvalue weighted by atomic mass is 16.5. The average molecular weight is 956 g/mol. The van der Waals surface area contributed by atoms with Gasteiger partial charge < -0.3 is 40.1 Å². The Bertz CT molecular complexity index is 3250. The fourth-order valence-electron chi connectivity index (χ4n) is 8.35. The van der Waals surface area contributed by atoms with Crippen molar-refractivity contribution in [1.82, 2.24) is 58.4 Å². The van der Waals surface area contributed by atoms with Crippen LogP contribution in [0.1, 0.15) is 70.8 Å². The van der Waals surface area contributed by atoms with Gasteiger partial charge in [0.2, 0.25) is 17.8 Å². The van der Waals surface area contributed by atoms with E-state index in [1.165, 1.54) is 36.3 Å². The maximum Gasteiger partial charge on any atom is 0.276 e. The SMILES string of the molecule is CCn1nc(C)cc1C(=O)Nc1nc2cc(C(N)=O)cc(OCCCN(C)C(=O)CCN3C(=O)C=CC3=O)c2n1C/C=C/Cn1c2nc(-c3nc(C)nn3CC)ncc2c2cc(C(N)O)cc(OC)c21. The van der Waals surface area contributed by atoms with Crippen LogP contribution in [0.2, 0.25) is 0 Å². The molecule has 70 heavy (non-hydrogen) atoms. The second-order valence-corrected chi connectivity index (χ2v) is 16.5. The van der Waals surface area contributed by atoms with Crippen LogP contribution in [-0.2, 0) is 40.6 Å². The molecule has 364 valence electrons. The van der Waals surface area contributed by atoms with Gasteiger partial charge in [0, 0.05) is 87.4 Å². The molecule has 23 heteroatoms. The van der Waals surface area contributed by atoms with Crippen molar-refractivity contribution >= 4 is 68.5 Å². The summed E-state index contributed by atoms with van der Waals surface area (Å²) in [6.07, 6.45) is 6.88. The lowest BCUT2D eigenvalue weighted by Gasteiger charge is -2.19. The Hall–Kier alpha value is -8.31. The summed E-state index contributed by atoms with van der Waals surface area (Å²) in [5.74, 6) is -0.104. The number of aryl methyl sites for hydroxylation is 4. The molecule has 0 aliphatic carbocycles. The number of carbonyl (C=O) groups is 5. The highest BCUT2D eigenvalue weighted by Gasteiger charge is 2.26. The number of methoxy groups -OCH3 is 1. The van der Waals surface area contributed by atoms with Gasteiger partial charge >= 0.3 is 0 Å². The van der Waals surface area contributed by atoms with Gasteiger partial charge in [-0.25, -0.2) is 24.6 Å². The molecular weight excluding hydrogens is 903 g/mol. The van der Waals surface area contributed by atoms with Crippen LogP contribution in [0.4, 0.5) is 5.95 Å². The van der Waals surface area contributed by atoms with Crippen LogP contribution in [0.3, 0.4) is 0 Å². The number of nitrogens with zero attached hydrogens (tertiary/aromatic N) is 12. The van der Waals surface area contributed by atoms with Crippen molar-refractivity contribution in [3.05, 3.63) is 89.2 Å². The molecule has 0 fully saturated rings. The van der Waals surface area contributed by atoms with Crippen LogP contribution in [0.15, 0.2) is 60.8 Å². The summed E-state index contributed by atoms with van der Waals surface area (Å²) in [5, 5.41) is 23.7. The Kier molecular flexibility index (Phi) is 13.8. The zero-order chi connectivity index (χ0) is 50.0. The van der Waals surface area contributed by atoms with Crippen LogP contribution in [0, 0.1) is 13.8 Å². The summed E-state index contributed by atoms with van der Waals surface area (Å²) in [7, 11) is 3.15. The number of amides is 5. The summed E-state index contributed by atoms with van der Waals surface area (Å²) in [6.45, 7) is 9.13. The van der Waals surface area contributed by atoms with E-state index in [1.54, 1.807) is 59.2 Å². The van der Waals surface area contributed by atoms with E-state index in [0.29, 0.717) is 92.7 Å². The number of anilines is 1. The predicted octanol–water partition coefficient (Wildman–Crippen LogP) is 3.15. The third kappa shape index (κ3) is 9.55. The Morgan fingerprint density at radius 2 is 1.63 bits per heavy atom. The summed E-state index contributed by atoms with van der Waals surface area (Å²) >= 11 is 0. The van der Waals surface area contributed by atoms with Gasteiger partial charge in [0.05, 0.1) is 30.4 Å². The van der Waals surface area contributed by atoms with Gasteiger partial charge in [-0.1, -0.05) is 12.2 Å². The van der Waals surface area contributed by atoms with Crippen molar-refractivity contribution < 1.29 is 38.6 Å². The van der Waals surface area contributed by atoms with E-state index >= 15 is 0 Å². The molecule has 6 N–H and O–H groups in total. The maximum atomic E-state index is 13.9. The number of benzene rings is 2. The molecule has 2 aromatic carbocycles. The zero-order valence-corrected chi connectivity index (χ0v) is 39.5. The van der Waals surface area contributed by atoms with Crippen LogP contribution < -0.4 is 26.3 Å². The number of rotatable bonds is 20. The largest absolute Gasteiger partial charge is 0.495 e. The van der Waals surface area contributed by atoms with E-state index in [4.69, 9.17) is 30.9 Å². The number of allylic oxidation sites excluding steroid dienone is 2. The predicted molar refractivity (Wildman–Crippen MR) is 256 cm³/mol. The van der Waals surface area contributed by atoms with Crippen molar-refractivity contribution in [2.24, 2.45) is 11.5 Å². The van der Waals surface area contributed by atoms with Gasteiger partial charge in [0.15, 0.2) is 11.6 Å². The van der Waals surface area contributed by atoms with Gasteiger partial charge in [-0.3, -0.25) is 38.9 Å². The molecule has 6 heterocycles. The molecular formula is C47H53N15O8. The number of fused-ring (bicyclic) bond motifs is 4. The fraction of sp³-hybridized carbons (Fsp3) is 0.340. The number of nitrogens with one attached hydrogen (secondary N) is 1. The molecule has 8 rings (SSSR count). The number of hydrogen-bond donors (Lipinski definition) is 4. The van der Waals surface area contributed by atoms with Crippen LogP contribution >= 0.6 is 0 Å². The van der Waals surface area contributed by atoms with E-state index in [1.807, 2.05) is 30.6 Å². The van der Waals surface area contributed by atoms with Gasteiger partial charge in [-0.15, -0.1) is 0 Å². The Morgan fingerprint density at radius 3 is 2.31 bits per heavy atom. The van der Waals surface area contributed by atoms with Gasteiger partial charge in [0.25, 0.3) is 17.7 Å². The lowest BCUT2D eigenvalue weighted by atomic mass is 10.1. The van der Waals surface area contributed by atoms with Crippen molar-refractivity contribution in [2.45, 2.75) is 72.9 Å². The van der Waals surface area contributed by atoms with E-state index in [0.717, 1.165) is 4.90 Å². The van der Waals surface area contributed by atoms with E-state index in [9.17, 15) is 29.1 Å². The lowest BCUT2D eigenvalue weighted by Crippen LogP contribution is -2.36. The number of aromatic nitrogens is 10. The number of imide groups is 1. The monoisotopic (exact) mass is 955 g/mol. The maximum absolute atomic E-state index is 13.9. The first-order valence-corrected chi connectivity index (χ1v) is 22.6. The highest BCUT2D eigenvalue weighted by molar-refractivity contribution is 6.13. The summed E-state index contributed by atoms with van der Waals surface area (Å²) in [5.41, 5.74) is 15.2. The van der Waals surface area contributed by atoms with E-state index in [-0.39, 0.29) is 62.4 Å². The first-order valence-electron chi connectivity index (χ1n) is 22.6. The second kappa shape index (κ2) is 20.1. The second-order valence-electron chi connectivity index (χ2n) is 16.5. The Morgan fingerprint density at radius 1 is 0.900 bits per heavy atom. The Labute approximate surface area is 400 Å².